The van der Waals surface area contributed by atoms with Crippen molar-refractivity contribution < 1.29 is 13.5 Å². The third kappa shape index (κ3) is 3.14. The lowest BCUT2D eigenvalue weighted by atomic mass is 10.0. The topological polar surface area (TPSA) is 21.3 Å². The quantitative estimate of drug-likeness (QED) is 0.873. The number of hydrogen-bond donors (Lipinski definition) is 1. The van der Waals surface area contributed by atoms with E-state index in [0.717, 1.165) is 18.1 Å². The zero-order valence-corrected chi connectivity index (χ0v) is 11.5. The van der Waals surface area contributed by atoms with Crippen LogP contribution >= 0.6 is 0 Å². The van der Waals surface area contributed by atoms with E-state index in [1.807, 2.05) is 25.2 Å². The van der Waals surface area contributed by atoms with E-state index in [1.165, 1.54) is 12.1 Å². The number of benzene rings is 2. The van der Waals surface area contributed by atoms with Crippen LogP contribution in [-0.4, -0.2) is 7.05 Å². The second-order valence-corrected chi connectivity index (χ2v) is 4.48. The first-order valence-electron chi connectivity index (χ1n) is 6.54. The van der Waals surface area contributed by atoms with Gasteiger partial charge in [0, 0.05) is 6.04 Å². The largest absolute Gasteiger partial charge is 0.454 e. The number of nitrogens with one attached hydrogen (secondary N) is 1. The zero-order chi connectivity index (χ0) is 14.5. The predicted octanol–water partition coefficient (Wildman–Crippen LogP) is 4.43. The van der Waals surface area contributed by atoms with E-state index in [1.54, 1.807) is 6.07 Å². The smallest absolute Gasteiger partial charge is 0.201 e. The first-order valence-corrected chi connectivity index (χ1v) is 6.54. The molecule has 0 aliphatic rings. The van der Waals surface area contributed by atoms with Crippen LogP contribution in [-0.2, 0) is 0 Å². The summed E-state index contributed by atoms with van der Waals surface area (Å²) in [5.41, 5.74) is 1.05. The molecule has 1 unspecified atom stereocenters. The van der Waals surface area contributed by atoms with Crippen molar-refractivity contribution in [3.63, 3.8) is 0 Å². The highest BCUT2D eigenvalue weighted by Gasteiger charge is 2.11. The second-order valence-electron chi connectivity index (χ2n) is 4.48. The van der Waals surface area contributed by atoms with Crippen LogP contribution in [0.2, 0.25) is 0 Å². The van der Waals surface area contributed by atoms with Gasteiger partial charge in [-0.25, -0.2) is 4.39 Å². The van der Waals surface area contributed by atoms with Gasteiger partial charge >= 0.3 is 0 Å². The number of ether oxygens (including phenoxy) is 1. The van der Waals surface area contributed by atoms with E-state index < -0.39 is 11.6 Å². The molecule has 0 spiro atoms. The molecule has 2 aromatic carbocycles. The van der Waals surface area contributed by atoms with Crippen molar-refractivity contribution in [2.24, 2.45) is 0 Å². The number of halogens is 2. The maximum absolute atomic E-state index is 13.6. The lowest BCUT2D eigenvalue weighted by molar-refractivity contribution is 0.415. The summed E-state index contributed by atoms with van der Waals surface area (Å²) < 4.78 is 32.1. The average molecular weight is 277 g/mol. The molecular formula is C16H17F2NO. The minimum atomic E-state index is -0.974. The Balaban J connectivity index is 2.26. The number of hydrogen-bond acceptors (Lipinski definition) is 2. The summed E-state index contributed by atoms with van der Waals surface area (Å²) in [7, 11) is 1.88. The maximum Gasteiger partial charge on any atom is 0.201 e. The molecule has 2 rings (SSSR count). The highest BCUT2D eigenvalue weighted by atomic mass is 19.2. The predicted molar refractivity (Wildman–Crippen MR) is 75.0 cm³/mol. The molecule has 0 aliphatic heterocycles. The molecule has 0 aromatic heterocycles. The van der Waals surface area contributed by atoms with Gasteiger partial charge in [-0.1, -0.05) is 25.1 Å². The van der Waals surface area contributed by atoms with Gasteiger partial charge in [0.2, 0.25) is 5.82 Å². The van der Waals surface area contributed by atoms with Crippen LogP contribution in [0.1, 0.15) is 24.9 Å². The Hall–Kier alpha value is -1.94. The zero-order valence-electron chi connectivity index (χ0n) is 11.5. The van der Waals surface area contributed by atoms with Crippen LogP contribution < -0.4 is 10.1 Å². The molecular weight excluding hydrogens is 260 g/mol. The van der Waals surface area contributed by atoms with E-state index in [9.17, 15) is 8.78 Å². The fourth-order valence-corrected chi connectivity index (χ4v) is 2.09. The standard InChI is InChI=1S/C16H17F2NO/c1-3-14(19-2)11-6-4-7-12(10-11)20-15-9-5-8-13(17)16(15)18/h4-10,14,19H,3H2,1-2H3. The number of rotatable bonds is 5. The van der Waals surface area contributed by atoms with Crippen molar-refractivity contribution in [3.05, 3.63) is 59.7 Å². The summed E-state index contributed by atoms with van der Waals surface area (Å²) in [6, 6.07) is 11.4. The van der Waals surface area contributed by atoms with Crippen molar-refractivity contribution in [2.75, 3.05) is 7.05 Å². The highest BCUT2D eigenvalue weighted by Crippen LogP contribution is 2.28. The molecule has 0 saturated heterocycles. The normalized spacial score (nSPS) is 12.2. The van der Waals surface area contributed by atoms with Gasteiger partial charge < -0.3 is 10.1 Å². The SMILES string of the molecule is CCC(NC)c1cccc(Oc2cccc(F)c2F)c1. The summed E-state index contributed by atoms with van der Waals surface area (Å²) in [4.78, 5) is 0. The van der Waals surface area contributed by atoms with E-state index in [4.69, 9.17) is 4.74 Å². The molecule has 4 heteroatoms. The van der Waals surface area contributed by atoms with Crippen LogP contribution in [0.3, 0.4) is 0 Å². The first-order chi connectivity index (χ1) is 9.65. The Labute approximate surface area is 117 Å². The molecule has 0 aliphatic carbocycles. The Kier molecular flexibility index (Phi) is 4.69. The third-order valence-electron chi connectivity index (χ3n) is 3.16. The molecule has 0 amide bonds. The lowest BCUT2D eigenvalue weighted by Gasteiger charge is -2.15. The Bertz CT molecular complexity index is 582. The Morgan fingerprint density at radius 2 is 1.90 bits per heavy atom. The fourth-order valence-electron chi connectivity index (χ4n) is 2.09. The summed E-state index contributed by atoms with van der Waals surface area (Å²) in [6.45, 7) is 2.07. The Morgan fingerprint density at radius 1 is 1.15 bits per heavy atom. The Morgan fingerprint density at radius 3 is 2.60 bits per heavy atom. The second kappa shape index (κ2) is 6.48. The van der Waals surface area contributed by atoms with Crippen molar-refractivity contribution in [3.8, 4) is 11.5 Å². The molecule has 1 N–H and O–H groups in total. The fraction of sp³-hybridized carbons (Fsp3) is 0.250. The van der Waals surface area contributed by atoms with Crippen molar-refractivity contribution in [1.82, 2.24) is 5.32 Å². The van der Waals surface area contributed by atoms with Crippen LogP contribution in [0.15, 0.2) is 42.5 Å². The summed E-state index contributed by atoms with van der Waals surface area (Å²) in [5, 5.41) is 3.19. The summed E-state index contributed by atoms with van der Waals surface area (Å²) in [5.74, 6) is -1.51. The van der Waals surface area contributed by atoms with E-state index >= 15 is 0 Å². The van der Waals surface area contributed by atoms with Gasteiger partial charge in [-0.15, -0.1) is 0 Å². The highest BCUT2D eigenvalue weighted by molar-refractivity contribution is 5.36. The van der Waals surface area contributed by atoms with E-state index in [2.05, 4.69) is 12.2 Å². The summed E-state index contributed by atoms with van der Waals surface area (Å²) in [6.07, 6.45) is 0.925. The van der Waals surface area contributed by atoms with E-state index in [0.29, 0.717) is 5.75 Å². The van der Waals surface area contributed by atoms with Gasteiger partial charge in [0.1, 0.15) is 5.75 Å². The lowest BCUT2D eigenvalue weighted by Crippen LogP contribution is -2.15. The van der Waals surface area contributed by atoms with Gasteiger partial charge in [-0.2, -0.15) is 4.39 Å². The van der Waals surface area contributed by atoms with E-state index in [-0.39, 0.29) is 11.8 Å². The van der Waals surface area contributed by atoms with Crippen molar-refractivity contribution >= 4 is 0 Å². The maximum atomic E-state index is 13.6. The van der Waals surface area contributed by atoms with Crippen LogP contribution in [0, 0.1) is 11.6 Å². The van der Waals surface area contributed by atoms with Crippen LogP contribution in [0.4, 0.5) is 8.78 Å². The minimum Gasteiger partial charge on any atom is -0.454 e. The van der Waals surface area contributed by atoms with Gasteiger partial charge in [0.25, 0.3) is 0 Å². The third-order valence-corrected chi connectivity index (χ3v) is 3.16. The van der Waals surface area contributed by atoms with Gasteiger partial charge in [-0.05, 0) is 43.3 Å². The molecule has 2 aromatic rings. The average Bonchev–Trinajstić information content (AvgIpc) is 2.46. The van der Waals surface area contributed by atoms with Crippen molar-refractivity contribution in [2.45, 2.75) is 19.4 Å². The molecule has 20 heavy (non-hydrogen) atoms. The minimum absolute atomic E-state index is 0.111. The van der Waals surface area contributed by atoms with Crippen LogP contribution in [0.25, 0.3) is 0 Å². The first kappa shape index (κ1) is 14.5. The molecule has 0 bridgehead atoms. The molecule has 2 nitrogen and oxygen atoms in total. The molecule has 0 saturated carbocycles. The molecule has 0 heterocycles. The van der Waals surface area contributed by atoms with Crippen molar-refractivity contribution in [1.29, 1.82) is 0 Å². The summed E-state index contributed by atoms with van der Waals surface area (Å²) >= 11 is 0. The van der Waals surface area contributed by atoms with Gasteiger partial charge in [-0.3, -0.25) is 0 Å². The van der Waals surface area contributed by atoms with Gasteiger partial charge in [0.15, 0.2) is 11.6 Å². The molecule has 0 fully saturated rings. The molecule has 1 atom stereocenters. The molecule has 0 radical (unpaired) electrons. The van der Waals surface area contributed by atoms with Gasteiger partial charge in [0.05, 0.1) is 0 Å². The van der Waals surface area contributed by atoms with Crippen LogP contribution in [0.5, 0.6) is 11.5 Å². The monoisotopic (exact) mass is 277 g/mol. The molecule has 106 valence electrons.